The molecule has 0 aliphatic carbocycles. The first kappa shape index (κ1) is 10.5. The summed E-state index contributed by atoms with van der Waals surface area (Å²) < 4.78 is 36.6. The molecule has 0 aromatic heterocycles. The van der Waals surface area contributed by atoms with E-state index in [0.717, 1.165) is 0 Å². The minimum Gasteiger partial charge on any atom is -0.171 e. The average molecular weight is 266 g/mol. The smallest absolute Gasteiger partial charge is 0.171 e. The Balaban J connectivity index is 4.10. The molecule has 0 nitrogen and oxygen atoms in total. The Morgan fingerprint density at radius 2 is 1.60 bits per heavy atom. The van der Waals surface area contributed by atoms with Crippen molar-refractivity contribution in [2.45, 2.75) is 26.4 Å². The second-order valence-corrected chi connectivity index (χ2v) is 3.90. The van der Waals surface area contributed by atoms with Crippen LogP contribution in [0.1, 0.15) is 20.3 Å². The van der Waals surface area contributed by atoms with Crippen LogP contribution in [0.25, 0.3) is 0 Å². The summed E-state index contributed by atoms with van der Waals surface area (Å²) in [5.41, 5.74) is -1.52. The highest BCUT2D eigenvalue weighted by atomic mass is 127. The molecule has 4 heteroatoms. The van der Waals surface area contributed by atoms with Gasteiger partial charge in [0.25, 0.3) is 0 Å². The van der Waals surface area contributed by atoms with Crippen molar-refractivity contribution in [3.63, 3.8) is 0 Å². The monoisotopic (exact) mass is 266 g/mol. The molecule has 0 aliphatic heterocycles. The van der Waals surface area contributed by atoms with Crippen LogP contribution >= 0.6 is 22.6 Å². The van der Waals surface area contributed by atoms with Crippen LogP contribution in [-0.2, 0) is 0 Å². The molecule has 0 radical (unpaired) electrons. The first-order valence-electron chi connectivity index (χ1n) is 2.94. The van der Waals surface area contributed by atoms with E-state index in [0.29, 0.717) is 4.43 Å². The molecular formula is C6H10F3I. The number of rotatable bonds is 2. The van der Waals surface area contributed by atoms with Gasteiger partial charge in [0, 0.05) is 4.43 Å². The van der Waals surface area contributed by atoms with Gasteiger partial charge in [0.05, 0.1) is 5.41 Å². The predicted octanol–water partition coefficient (Wildman–Crippen LogP) is 3.40. The molecule has 0 saturated heterocycles. The molecule has 62 valence electrons. The zero-order valence-corrected chi connectivity index (χ0v) is 8.08. The normalized spacial score (nSPS) is 13.8. The highest BCUT2D eigenvalue weighted by molar-refractivity contribution is 14.1. The number of hydrogen-bond donors (Lipinski definition) is 0. The lowest BCUT2D eigenvalue weighted by atomic mass is 9.90. The van der Waals surface area contributed by atoms with Crippen LogP contribution in [0.3, 0.4) is 0 Å². The molecule has 0 N–H and O–H groups in total. The van der Waals surface area contributed by atoms with E-state index >= 15 is 0 Å². The summed E-state index contributed by atoms with van der Waals surface area (Å²) in [7, 11) is 0. The van der Waals surface area contributed by atoms with Crippen LogP contribution in [0.2, 0.25) is 0 Å². The summed E-state index contributed by atoms with van der Waals surface area (Å²) in [5, 5.41) is 0. The Morgan fingerprint density at radius 3 is 1.70 bits per heavy atom. The maximum Gasteiger partial charge on any atom is 0.394 e. The van der Waals surface area contributed by atoms with Gasteiger partial charge in [-0.3, -0.25) is 0 Å². The topological polar surface area (TPSA) is 0 Å². The SMILES string of the molecule is CC(C)(CCI)C(F)(F)F. The third-order valence-corrected chi connectivity index (χ3v) is 2.03. The summed E-state index contributed by atoms with van der Waals surface area (Å²) in [6, 6.07) is 0. The van der Waals surface area contributed by atoms with Crippen LogP contribution in [0.4, 0.5) is 13.2 Å². The van der Waals surface area contributed by atoms with E-state index in [1.54, 1.807) is 0 Å². The van der Waals surface area contributed by atoms with Gasteiger partial charge in [0.1, 0.15) is 0 Å². The van der Waals surface area contributed by atoms with E-state index in [1.165, 1.54) is 13.8 Å². The van der Waals surface area contributed by atoms with E-state index in [9.17, 15) is 13.2 Å². The first-order valence-corrected chi connectivity index (χ1v) is 4.46. The molecule has 10 heavy (non-hydrogen) atoms. The third-order valence-electron chi connectivity index (χ3n) is 1.49. The molecule has 0 amide bonds. The summed E-state index contributed by atoms with van der Waals surface area (Å²) in [6.45, 7) is 2.46. The summed E-state index contributed by atoms with van der Waals surface area (Å²) in [5.74, 6) is 0. The molecular weight excluding hydrogens is 256 g/mol. The number of halogens is 4. The number of alkyl halides is 4. The molecule has 0 saturated carbocycles. The van der Waals surface area contributed by atoms with Gasteiger partial charge in [-0.1, -0.05) is 36.4 Å². The first-order chi connectivity index (χ1) is 4.31. The lowest BCUT2D eigenvalue weighted by molar-refractivity contribution is -0.211. The molecule has 0 aliphatic rings. The zero-order chi connectivity index (χ0) is 8.41. The summed E-state index contributed by atoms with van der Waals surface area (Å²) in [4.78, 5) is 0. The Bertz CT molecular complexity index is 106. The highest BCUT2D eigenvalue weighted by Crippen LogP contribution is 2.40. The maximum absolute atomic E-state index is 12.0. The van der Waals surface area contributed by atoms with Crippen molar-refractivity contribution in [1.82, 2.24) is 0 Å². The van der Waals surface area contributed by atoms with Gasteiger partial charge >= 0.3 is 6.18 Å². The van der Waals surface area contributed by atoms with Crippen molar-refractivity contribution in [2.24, 2.45) is 5.41 Å². The Labute approximate surface area is 72.3 Å². The molecule has 0 spiro atoms. The molecule has 0 atom stereocenters. The highest BCUT2D eigenvalue weighted by Gasteiger charge is 2.46. The molecule has 0 aromatic carbocycles. The molecule has 0 fully saturated rings. The Morgan fingerprint density at radius 1 is 1.20 bits per heavy atom. The Hall–Kier alpha value is 0.520. The van der Waals surface area contributed by atoms with Gasteiger partial charge in [0.2, 0.25) is 0 Å². The fraction of sp³-hybridized carbons (Fsp3) is 1.00. The standard InChI is InChI=1S/C6H10F3I/c1-5(2,3-4-10)6(7,8)9/h3-4H2,1-2H3. The minimum atomic E-state index is -4.06. The quantitative estimate of drug-likeness (QED) is 0.530. The van der Waals surface area contributed by atoms with Gasteiger partial charge in [0.15, 0.2) is 0 Å². The van der Waals surface area contributed by atoms with Gasteiger partial charge in [-0.15, -0.1) is 0 Å². The van der Waals surface area contributed by atoms with Crippen molar-refractivity contribution in [3.05, 3.63) is 0 Å². The van der Waals surface area contributed by atoms with E-state index in [4.69, 9.17) is 0 Å². The van der Waals surface area contributed by atoms with E-state index in [1.807, 2.05) is 22.6 Å². The summed E-state index contributed by atoms with van der Waals surface area (Å²) >= 11 is 1.95. The lowest BCUT2D eigenvalue weighted by Gasteiger charge is -2.26. The second-order valence-electron chi connectivity index (χ2n) is 2.82. The largest absolute Gasteiger partial charge is 0.394 e. The fourth-order valence-corrected chi connectivity index (χ4v) is 1.73. The molecule has 0 aromatic rings. The van der Waals surface area contributed by atoms with Gasteiger partial charge in [-0.05, 0) is 6.42 Å². The number of hydrogen-bond acceptors (Lipinski definition) is 0. The Kier molecular flexibility index (Phi) is 3.45. The van der Waals surface area contributed by atoms with Crippen molar-refractivity contribution in [3.8, 4) is 0 Å². The van der Waals surface area contributed by atoms with E-state index < -0.39 is 11.6 Å². The van der Waals surface area contributed by atoms with Gasteiger partial charge < -0.3 is 0 Å². The fourth-order valence-electron chi connectivity index (χ4n) is 0.378. The second kappa shape index (κ2) is 3.28. The van der Waals surface area contributed by atoms with E-state index in [-0.39, 0.29) is 6.42 Å². The van der Waals surface area contributed by atoms with Crippen molar-refractivity contribution >= 4 is 22.6 Å². The zero-order valence-electron chi connectivity index (χ0n) is 5.93. The van der Waals surface area contributed by atoms with Crippen LogP contribution in [0.15, 0.2) is 0 Å². The minimum absolute atomic E-state index is 0.192. The molecule has 0 heterocycles. The average Bonchev–Trinajstić information content (AvgIpc) is 1.61. The maximum atomic E-state index is 12.0. The third kappa shape index (κ3) is 2.64. The van der Waals surface area contributed by atoms with Gasteiger partial charge in [-0.2, -0.15) is 13.2 Å². The van der Waals surface area contributed by atoms with Crippen LogP contribution in [0, 0.1) is 5.41 Å². The van der Waals surface area contributed by atoms with Crippen LogP contribution in [-0.4, -0.2) is 10.6 Å². The molecule has 0 unspecified atom stereocenters. The summed E-state index contributed by atoms with van der Waals surface area (Å²) in [6.07, 6.45) is -3.87. The van der Waals surface area contributed by atoms with Crippen molar-refractivity contribution in [2.75, 3.05) is 4.43 Å². The lowest BCUT2D eigenvalue weighted by Crippen LogP contribution is -2.32. The van der Waals surface area contributed by atoms with Crippen molar-refractivity contribution < 1.29 is 13.2 Å². The van der Waals surface area contributed by atoms with Crippen LogP contribution in [0.5, 0.6) is 0 Å². The molecule has 0 rings (SSSR count). The predicted molar refractivity (Wildman–Crippen MR) is 43.3 cm³/mol. The van der Waals surface area contributed by atoms with Crippen molar-refractivity contribution in [1.29, 1.82) is 0 Å². The van der Waals surface area contributed by atoms with Crippen LogP contribution < -0.4 is 0 Å². The van der Waals surface area contributed by atoms with Gasteiger partial charge in [-0.25, -0.2) is 0 Å². The van der Waals surface area contributed by atoms with E-state index in [2.05, 4.69) is 0 Å². The molecule has 0 bridgehead atoms.